The van der Waals surface area contributed by atoms with Crippen LogP contribution in [0, 0.1) is 0 Å². The van der Waals surface area contributed by atoms with E-state index in [1.54, 1.807) is 0 Å². The van der Waals surface area contributed by atoms with Crippen LogP contribution in [0.1, 0.15) is 40.5 Å². The lowest BCUT2D eigenvalue weighted by Crippen LogP contribution is -2.34. The molecular weight excluding hydrogens is 338 g/mol. The number of carbonyl (C=O) groups is 1. The van der Waals surface area contributed by atoms with Crippen molar-refractivity contribution in [3.8, 4) is 0 Å². The van der Waals surface area contributed by atoms with Crippen LogP contribution in [-0.2, 0) is 13.1 Å². The van der Waals surface area contributed by atoms with Crippen molar-refractivity contribution < 1.29 is 4.79 Å². The Bertz CT molecular complexity index is 772. The molecular formula is C21H29N5O. The van der Waals surface area contributed by atoms with Gasteiger partial charge in [-0.1, -0.05) is 30.3 Å². The fourth-order valence-corrected chi connectivity index (χ4v) is 4.18. The summed E-state index contributed by atoms with van der Waals surface area (Å²) in [5.74, 6) is 0.555. The highest BCUT2D eigenvalue weighted by atomic mass is 16.1. The third-order valence-electron chi connectivity index (χ3n) is 5.69. The predicted molar refractivity (Wildman–Crippen MR) is 106 cm³/mol. The number of hydrogen-bond donors (Lipinski definition) is 1. The minimum Gasteiger partial charge on any atom is -0.349 e. The van der Waals surface area contributed by atoms with Crippen molar-refractivity contribution >= 4 is 5.91 Å². The van der Waals surface area contributed by atoms with Crippen LogP contribution in [0.15, 0.2) is 36.4 Å². The van der Waals surface area contributed by atoms with Gasteiger partial charge in [0, 0.05) is 39.3 Å². The first-order valence-corrected chi connectivity index (χ1v) is 10.00. The van der Waals surface area contributed by atoms with E-state index < -0.39 is 0 Å². The highest BCUT2D eigenvalue weighted by Crippen LogP contribution is 2.26. The Morgan fingerprint density at radius 1 is 1.22 bits per heavy atom. The summed E-state index contributed by atoms with van der Waals surface area (Å²) in [5, 5.41) is 7.56. The summed E-state index contributed by atoms with van der Waals surface area (Å²) in [5.41, 5.74) is 3.10. The molecule has 1 fully saturated rings. The van der Waals surface area contributed by atoms with Crippen LogP contribution < -0.4 is 5.32 Å². The molecule has 6 heteroatoms. The highest BCUT2D eigenvalue weighted by molar-refractivity contribution is 5.92. The zero-order chi connectivity index (χ0) is 18.6. The van der Waals surface area contributed by atoms with E-state index in [0.717, 1.165) is 51.4 Å². The van der Waals surface area contributed by atoms with Gasteiger partial charge in [0.05, 0.1) is 5.69 Å². The molecule has 27 heavy (non-hydrogen) atoms. The average Bonchev–Trinajstić information content (AvgIpc) is 3.26. The van der Waals surface area contributed by atoms with Crippen LogP contribution in [-0.4, -0.2) is 65.3 Å². The van der Waals surface area contributed by atoms with Gasteiger partial charge < -0.3 is 15.1 Å². The van der Waals surface area contributed by atoms with Crippen molar-refractivity contribution in [2.75, 3.05) is 39.8 Å². The quantitative estimate of drug-likeness (QED) is 0.878. The van der Waals surface area contributed by atoms with Crippen LogP contribution in [0.2, 0.25) is 0 Å². The molecule has 2 aliphatic heterocycles. The minimum absolute atomic E-state index is 0.0583. The van der Waals surface area contributed by atoms with Crippen LogP contribution in [0.25, 0.3) is 0 Å². The molecule has 2 aromatic rings. The van der Waals surface area contributed by atoms with Crippen molar-refractivity contribution in [1.82, 2.24) is 24.9 Å². The van der Waals surface area contributed by atoms with E-state index in [4.69, 9.17) is 0 Å². The number of hydrogen-bond acceptors (Lipinski definition) is 4. The number of likely N-dealkylation sites (tertiary alicyclic amines) is 1. The Labute approximate surface area is 161 Å². The third-order valence-corrected chi connectivity index (χ3v) is 5.69. The number of aromatic nitrogens is 2. The Morgan fingerprint density at radius 2 is 2.07 bits per heavy atom. The second-order valence-corrected chi connectivity index (χ2v) is 7.79. The summed E-state index contributed by atoms with van der Waals surface area (Å²) >= 11 is 0. The molecule has 0 saturated carbocycles. The normalized spacial score (nSPS) is 21.0. The summed E-state index contributed by atoms with van der Waals surface area (Å²) in [6.07, 6.45) is 2.27. The number of benzene rings is 1. The van der Waals surface area contributed by atoms with Crippen LogP contribution in [0.4, 0.5) is 0 Å². The third kappa shape index (κ3) is 4.39. The van der Waals surface area contributed by atoms with Gasteiger partial charge in [-0.25, -0.2) is 0 Å². The van der Waals surface area contributed by atoms with Gasteiger partial charge in [-0.05, 0) is 44.0 Å². The molecule has 1 aromatic heterocycles. The monoisotopic (exact) mass is 367 g/mol. The molecule has 1 saturated heterocycles. The Hall–Kier alpha value is -2.18. The number of fused-ring (bicyclic) bond motifs is 1. The van der Waals surface area contributed by atoms with E-state index in [1.165, 1.54) is 12.0 Å². The molecule has 0 bridgehead atoms. The number of aryl methyl sites for hydroxylation is 1. The van der Waals surface area contributed by atoms with E-state index in [0.29, 0.717) is 18.2 Å². The molecule has 6 nitrogen and oxygen atoms in total. The molecule has 1 atom stereocenters. The lowest BCUT2D eigenvalue weighted by Gasteiger charge is -2.16. The first-order valence-electron chi connectivity index (χ1n) is 10.00. The van der Waals surface area contributed by atoms with Crippen LogP contribution >= 0.6 is 0 Å². The molecule has 144 valence electrons. The summed E-state index contributed by atoms with van der Waals surface area (Å²) in [6.45, 7) is 6.56. The topological polar surface area (TPSA) is 53.4 Å². The molecule has 0 spiro atoms. The lowest BCUT2D eigenvalue weighted by atomic mass is 9.99. The van der Waals surface area contributed by atoms with E-state index >= 15 is 0 Å². The zero-order valence-corrected chi connectivity index (χ0v) is 16.1. The average molecular weight is 367 g/mol. The van der Waals surface area contributed by atoms with Crippen molar-refractivity contribution in [1.29, 1.82) is 0 Å². The van der Waals surface area contributed by atoms with Crippen molar-refractivity contribution in [2.24, 2.45) is 0 Å². The molecule has 1 aromatic carbocycles. The van der Waals surface area contributed by atoms with E-state index in [1.807, 2.05) is 10.7 Å². The molecule has 1 amide bonds. The second-order valence-electron chi connectivity index (χ2n) is 7.79. The van der Waals surface area contributed by atoms with Gasteiger partial charge in [0.2, 0.25) is 0 Å². The Balaban J connectivity index is 1.25. The maximum absolute atomic E-state index is 12.5. The zero-order valence-electron chi connectivity index (χ0n) is 16.1. The number of rotatable bonds is 5. The maximum Gasteiger partial charge on any atom is 0.271 e. The van der Waals surface area contributed by atoms with Crippen molar-refractivity contribution in [2.45, 2.75) is 31.8 Å². The second kappa shape index (κ2) is 8.23. The maximum atomic E-state index is 12.5. The van der Waals surface area contributed by atoms with Gasteiger partial charge >= 0.3 is 0 Å². The number of carbonyl (C=O) groups excluding carboxylic acids is 1. The lowest BCUT2D eigenvalue weighted by molar-refractivity contribution is 0.0943. The minimum atomic E-state index is -0.0583. The fraction of sp³-hybridized carbons (Fsp3) is 0.524. The SMILES string of the molecule is CN1CCCn2nc(C(=O)NCCN3CCC(c4ccccc4)C3)cc2C1. The summed E-state index contributed by atoms with van der Waals surface area (Å²) in [6, 6.07) is 12.7. The molecule has 2 aliphatic rings. The fourth-order valence-electron chi connectivity index (χ4n) is 4.18. The largest absolute Gasteiger partial charge is 0.349 e. The summed E-state index contributed by atoms with van der Waals surface area (Å²) in [4.78, 5) is 17.2. The van der Waals surface area contributed by atoms with E-state index in [-0.39, 0.29) is 5.91 Å². The Kier molecular flexibility index (Phi) is 5.55. The predicted octanol–water partition coefficient (Wildman–Crippen LogP) is 1.94. The molecule has 0 aliphatic carbocycles. The first-order chi connectivity index (χ1) is 13.2. The van der Waals surface area contributed by atoms with Gasteiger partial charge in [-0.2, -0.15) is 5.10 Å². The molecule has 1 unspecified atom stereocenters. The van der Waals surface area contributed by atoms with Crippen LogP contribution in [0.5, 0.6) is 0 Å². The summed E-state index contributed by atoms with van der Waals surface area (Å²) < 4.78 is 1.99. The van der Waals surface area contributed by atoms with E-state index in [2.05, 4.69) is 57.6 Å². The van der Waals surface area contributed by atoms with Gasteiger partial charge in [0.1, 0.15) is 5.69 Å². The van der Waals surface area contributed by atoms with Gasteiger partial charge in [0.15, 0.2) is 0 Å². The molecule has 4 rings (SSSR count). The first kappa shape index (κ1) is 18.2. The number of amides is 1. The molecule has 3 heterocycles. The van der Waals surface area contributed by atoms with Gasteiger partial charge in [-0.3, -0.25) is 9.48 Å². The van der Waals surface area contributed by atoms with E-state index in [9.17, 15) is 4.79 Å². The smallest absolute Gasteiger partial charge is 0.271 e. The van der Waals surface area contributed by atoms with Crippen molar-refractivity contribution in [3.63, 3.8) is 0 Å². The standard InChI is InChI=1S/C21H29N5O/c1-24-10-5-11-26-19(16-24)14-20(23-26)21(27)22-9-13-25-12-8-18(15-25)17-6-3-2-4-7-17/h2-4,6-7,14,18H,5,8-13,15-16H2,1H3,(H,22,27). The van der Waals surface area contributed by atoms with Crippen LogP contribution in [0.3, 0.4) is 0 Å². The summed E-state index contributed by atoms with van der Waals surface area (Å²) in [7, 11) is 2.11. The molecule has 1 N–H and O–H groups in total. The van der Waals surface area contributed by atoms with Gasteiger partial charge in [-0.15, -0.1) is 0 Å². The Morgan fingerprint density at radius 3 is 2.93 bits per heavy atom. The number of nitrogens with zero attached hydrogens (tertiary/aromatic N) is 4. The van der Waals surface area contributed by atoms with Gasteiger partial charge in [0.25, 0.3) is 5.91 Å². The van der Waals surface area contributed by atoms with Crippen molar-refractivity contribution in [3.05, 3.63) is 53.3 Å². The number of nitrogens with one attached hydrogen (secondary N) is 1. The highest BCUT2D eigenvalue weighted by Gasteiger charge is 2.23. The molecule has 0 radical (unpaired) electrons.